The van der Waals surface area contributed by atoms with Crippen LogP contribution in [0.15, 0.2) is 34.3 Å². The number of halogens is 2. The van der Waals surface area contributed by atoms with E-state index in [0.29, 0.717) is 52.9 Å². The van der Waals surface area contributed by atoms with Gasteiger partial charge in [-0.1, -0.05) is 43.1 Å². The lowest BCUT2D eigenvalue weighted by Crippen LogP contribution is -2.62. The number of nitrogens with zero attached hydrogens (tertiary/aromatic N) is 5. The van der Waals surface area contributed by atoms with Gasteiger partial charge in [0.15, 0.2) is 0 Å². The summed E-state index contributed by atoms with van der Waals surface area (Å²) >= 11 is 13.7. The number of hydrogen-bond acceptors (Lipinski definition) is 7. The molecule has 2 aliphatic heterocycles. The standard InChI is InChI=1S/C27H29Cl2N5O3S/c1-25(2)8-16(25)22(35)34-12-27(13-34)11-33(23(36)20-9-30-14-38-20)10-17(27)21-31-32-24(37-21)26(3,4)15-5-6-18(28)19(29)7-15/h5-7,9,14,16-17H,8,10-13H2,1-4H3/t16-,17?/m1/s1. The van der Waals surface area contributed by atoms with Crippen molar-refractivity contribution >= 4 is 46.4 Å². The maximum Gasteiger partial charge on any atom is 0.265 e. The molecule has 0 radical (unpaired) electrons. The van der Waals surface area contributed by atoms with E-state index in [-0.39, 0.29) is 34.5 Å². The second-order valence-electron chi connectivity index (χ2n) is 12.1. The van der Waals surface area contributed by atoms with Crippen molar-refractivity contribution in [3.05, 3.63) is 62.2 Å². The smallest absolute Gasteiger partial charge is 0.265 e. The third kappa shape index (κ3) is 4.14. The molecule has 8 nitrogen and oxygen atoms in total. The molecule has 2 saturated heterocycles. The first-order chi connectivity index (χ1) is 17.9. The number of hydrogen-bond donors (Lipinski definition) is 0. The second-order valence-corrected chi connectivity index (χ2v) is 13.8. The molecule has 3 aromatic rings. The van der Waals surface area contributed by atoms with E-state index in [1.807, 2.05) is 35.8 Å². The molecule has 1 spiro atoms. The van der Waals surface area contributed by atoms with E-state index in [0.717, 1.165) is 12.0 Å². The first-order valence-electron chi connectivity index (χ1n) is 12.7. The second kappa shape index (κ2) is 8.76. The van der Waals surface area contributed by atoms with Crippen LogP contribution in [0, 0.1) is 16.7 Å². The fraction of sp³-hybridized carbons (Fsp3) is 0.519. The van der Waals surface area contributed by atoms with Crippen LogP contribution in [0.5, 0.6) is 0 Å². The fourth-order valence-corrected chi connectivity index (χ4v) is 6.76. The Morgan fingerprint density at radius 2 is 1.82 bits per heavy atom. The van der Waals surface area contributed by atoms with Crippen molar-refractivity contribution in [2.45, 2.75) is 45.4 Å². The summed E-state index contributed by atoms with van der Waals surface area (Å²) in [6.45, 7) is 10.4. The zero-order valence-corrected chi connectivity index (χ0v) is 24.0. The van der Waals surface area contributed by atoms with Gasteiger partial charge in [0.05, 0.1) is 33.1 Å². The van der Waals surface area contributed by atoms with Crippen LogP contribution >= 0.6 is 34.5 Å². The molecule has 0 N–H and O–H groups in total. The van der Waals surface area contributed by atoms with Gasteiger partial charge in [-0.2, -0.15) is 0 Å². The predicted molar refractivity (Wildman–Crippen MR) is 145 cm³/mol. The van der Waals surface area contributed by atoms with Gasteiger partial charge >= 0.3 is 0 Å². The van der Waals surface area contributed by atoms with Crippen LogP contribution in [0.2, 0.25) is 10.0 Å². The average molecular weight is 575 g/mol. The Bertz CT molecular complexity index is 1410. The van der Waals surface area contributed by atoms with Crippen LogP contribution in [0.4, 0.5) is 0 Å². The van der Waals surface area contributed by atoms with Gasteiger partial charge in [0.2, 0.25) is 17.7 Å². The maximum atomic E-state index is 13.3. The zero-order valence-electron chi connectivity index (χ0n) is 21.7. The van der Waals surface area contributed by atoms with E-state index >= 15 is 0 Å². The lowest BCUT2D eigenvalue weighted by atomic mass is 9.71. The van der Waals surface area contributed by atoms with Gasteiger partial charge < -0.3 is 14.2 Å². The highest BCUT2D eigenvalue weighted by Crippen LogP contribution is 2.56. The number of thiazole rings is 1. The van der Waals surface area contributed by atoms with Gasteiger partial charge in [-0.3, -0.25) is 14.6 Å². The highest BCUT2D eigenvalue weighted by molar-refractivity contribution is 7.11. The van der Waals surface area contributed by atoms with Gasteiger partial charge in [0, 0.05) is 37.5 Å². The van der Waals surface area contributed by atoms with Gasteiger partial charge in [-0.15, -0.1) is 21.5 Å². The molecule has 2 amide bonds. The minimum atomic E-state index is -0.609. The van der Waals surface area contributed by atoms with E-state index in [2.05, 4.69) is 29.0 Å². The highest BCUT2D eigenvalue weighted by atomic mass is 35.5. The largest absolute Gasteiger partial charge is 0.424 e. The van der Waals surface area contributed by atoms with Crippen LogP contribution in [-0.4, -0.2) is 63.0 Å². The average Bonchev–Trinajstić information content (AvgIpc) is 3.38. The van der Waals surface area contributed by atoms with Crippen LogP contribution in [0.25, 0.3) is 0 Å². The summed E-state index contributed by atoms with van der Waals surface area (Å²) in [7, 11) is 0. The van der Waals surface area contributed by atoms with Crippen LogP contribution < -0.4 is 0 Å². The molecule has 4 heterocycles. The number of likely N-dealkylation sites (tertiary alicyclic amines) is 2. The molecule has 38 heavy (non-hydrogen) atoms. The molecular formula is C27H29Cl2N5O3S. The van der Waals surface area contributed by atoms with E-state index in [9.17, 15) is 9.59 Å². The highest BCUT2D eigenvalue weighted by Gasteiger charge is 2.61. The van der Waals surface area contributed by atoms with E-state index in [1.165, 1.54) is 11.3 Å². The topological polar surface area (TPSA) is 92.4 Å². The number of aromatic nitrogens is 3. The maximum absolute atomic E-state index is 13.3. The van der Waals surface area contributed by atoms with Gasteiger partial charge in [0.1, 0.15) is 4.88 Å². The first-order valence-corrected chi connectivity index (χ1v) is 14.3. The molecule has 6 rings (SSSR count). The Kier molecular flexibility index (Phi) is 5.94. The van der Waals surface area contributed by atoms with Crippen molar-refractivity contribution in [2.75, 3.05) is 26.2 Å². The van der Waals surface area contributed by atoms with Crippen LogP contribution in [0.1, 0.15) is 67.1 Å². The quantitative estimate of drug-likeness (QED) is 0.412. The Morgan fingerprint density at radius 1 is 1.11 bits per heavy atom. The van der Waals surface area contributed by atoms with Gasteiger partial charge in [-0.25, -0.2) is 0 Å². The van der Waals surface area contributed by atoms with Crippen molar-refractivity contribution in [3.8, 4) is 0 Å². The number of amides is 2. The summed E-state index contributed by atoms with van der Waals surface area (Å²) in [6.07, 6.45) is 2.52. The molecule has 1 aromatic carbocycles. The van der Waals surface area contributed by atoms with E-state index < -0.39 is 5.41 Å². The summed E-state index contributed by atoms with van der Waals surface area (Å²) in [6, 6.07) is 5.47. The molecule has 1 aliphatic carbocycles. The number of carbonyl (C=O) groups is 2. The molecule has 2 atom stereocenters. The number of benzene rings is 1. The minimum Gasteiger partial charge on any atom is -0.424 e. The number of rotatable bonds is 5. The molecule has 11 heteroatoms. The Morgan fingerprint density at radius 3 is 2.45 bits per heavy atom. The molecular weight excluding hydrogens is 545 g/mol. The van der Waals surface area contributed by atoms with Gasteiger partial charge in [0.25, 0.3) is 5.91 Å². The molecule has 0 bridgehead atoms. The third-order valence-corrected chi connectivity index (χ3v) is 10.1. The van der Waals surface area contributed by atoms with Crippen molar-refractivity contribution in [3.63, 3.8) is 0 Å². The molecule has 1 unspecified atom stereocenters. The van der Waals surface area contributed by atoms with Crippen molar-refractivity contribution in [1.82, 2.24) is 25.0 Å². The molecule has 2 aromatic heterocycles. The lowest BCUT2D eigenvalue weighted by Gasteiger charge is -2.50. The van der Waals surface area contributed by atoms with E-state index in [1.54, 1.807) is 17.8 Å². The Labute approximate surface area is 235 Å². The monoisotopic (exact) mass is 573 g/mol. The zero-order chi connectivity index (χ0) is 27.0. The summed E-state index contributed by atoms with van der Waals surface area (Å²) in [5, 5.41) is 9.85. The van der Waals surface area contributed by atoms with Crippen LogP contribution in [0.3, 0.4) is 0 Å². The van der Waals surface area contributed by atoms with Crippen LogP contribution in [-0.2, 0) is 10.2 Å². The molecule has 3 aliphatic rings. The van der Waals surface area contributed by atoms with E-state index in [4.69, 9.17) is 27.6 Å². The Balaban J connectivity index is 1.28. The fourth-order valence-electron chi connectivity index (χ4n) is 5.88. The van der Waals surface area contributed by atoms with Crippen molar-refractivity contribution in [2.24, 2.45) is 16.7 Å². The lowest BCUT2D eigenvalue weighted by molar-refractivity contribution is -0.146. The minimum absolute atomic E-state index is 0.0571. The van der Waals surface area contributed by atoms with Crippen molar-refractivity contribution in [1.29, 1.82) is 0 Å². The summed E-state index contributed by atoms with van der Waals surface area (Å²) < 4.78 is 6.35. The number of carbonyl (C=O) groups excluding carboxylic acids is 2. The summed E-state index contributed by atoms with van der Waals surface area (Å²) in [5.74, 6) is 1.00. The summed E-state index contributed by atoms with van der Waals surface area (Å²) in [5.41, 5.74) is 1.70. The molecule has 200 valence electrons. The molecule has 1 saturated carbocycles. The summed E-state index contributed by atoms with van der Waals surface area (Å²) in [4.78, 5) is 34.8. The van der Waals surface area contributed by atoms with Crippen molar-refractivity contribution < 1.29 is 14.0 Å². The molecule has 3 fully saturated rings. The first kappa shape index (κ1) is 25.8. The SMILES string of the molecule is CC(C)(c1ccc(Cl)c(Cl)c1)c1nnc(C2CN(C(=O)c3cncs3)CC23CN(C(=O)[C@H]2CC2(C)C)C3)o1. The normalized spacial score (nSPS) is 23.5. The third-order valence-electron chi connectivity index (χ3n) is 8.63. The predicted octanol–water partition coefficient (Wildman–Crippen LogP) is 5.27. The van der Waals surface area contributed by atoms with Gasteiger partial charge in [-0.05, 0) is 43.4 Å². The Hall–Kier alpha value is -2.49.